The molecule has 0 unspecified atom stereocenters. The third-order valence-electron chi connectivity index (χ3n) is 3.25. The van der Waals surface area contributed by atoms with Crippen LogP contribution < -0.4 is 5.32 Å². The molecular weight excluding hydrogens is 374 g/mol. The van der Waals surface area contributed by atoms with Gasteiger partial charge in [-0.15, -0.1) is 16.4 Å². The molecule has 0 saturated carbocycles. The van der Waals surface area contributed by atoms with Crippen LogP contribution in [0.5, 0.6) is 0 Å². The van der Waals surface area contributed by atoms with Crippen molar-refractivity contribution in [1.29, 1.82) is 0 Å². The van der Waals surface area contributed by atoms with Gasteiger partial charge in [0.2, 0.25) is 11.1 Å². The first-order chi connectivity index (χ1) is 12.5. The van der Waals surface area contributed by atoms with Crippen LogP contribution in [0.4, 0.5) is 5.13 Å². The molecule has 0 atom stereocenters. The van der Waals surface area contributed by atoms with Crippen molar-refractivity contribution in [2.24, 2.45) is 0 Å². The Morgan fingerprint density at radius 1 is 1.15 bits per heavy atom. The van der Waals surface area contributed by atoms with Crippen molar-refractivity contribution in [3.05, 3.63) is 22.5 Å². The molecule has 0 aliphatic rings. The van der Waals surface area contributed by atoms with Crippen LogP contribution in [0.25, 0.3) is 0 Å². The lowest BCUT2D eigenvalue weighted by atomic mass is 10.2. The van der Waals surface area contributed by atoms with E-state index in [-0.39, 0.29) is 24.1 Å². The summed E-state index contributed by atoms with van der Waals surface area (Å²) in [5.74, 6) is -0.394. The van der Waals surface area contributed by atoms with Gasteiger partial charge in [-0.25, -0.2) is 9.97 Å². The van der Waals surface area contributed by atoms with Gasteiger partial charge in [0.1, 0.15) is 0 Å². The van der Waals surface area contributed by atoms with Crippen LogP contribution in [-0.2, 0) is 33.6 Å². The number of aromatic nitrogens is 4. The SMILES string of the molecule is CCOC(=O)Cc1csc(NC(=O)CSc2nnc(CC)c(CC)n2)n1. The molecule has 140 valence electrons. The van der Waals surface area contributed by atoms with E-state index in [1.807, 2.05) is 13.8 Å². The summed E-state index contributed by atoms with van der Waals surface area (Å²) >= 11 is 2.49. The molecule has 0 aliphatic carbocycles. The predicted molar refractivity (Wildman–Crippen MR) is 100 cm³/mol. The van der Waals surface area contributed by atoms with E-state index in [2.05, 4.69) is 25.5 Å². The molecule has 0 aromatic carbocycles. The standard InChI is InChI=1S/C16H21N5O3S2/c1-4-11-12(5-2)20-21-16(18-11)26-9-13(22)19-15-17-10(8-25-15)7-14(23)24-6-3/h8H,4-7,9H2,1-3H3,(H,17,19,22). The Labute approximate surface area is 160 Å². The normalized spacial score (nSPS) is 10.6. The number of aryl methyl sites for hydroxylation is 2. The summed E-state index contributed by atoms with van der Waals surface area (Å²) in [6, 6.07) is 0. The zero-order valence-electron chi connectivity index (χ0n) is 14.9. The van der Waals surface area contributed by atoms with E-state index in [0.29, 0.717) is 22.6 Å². The third kappa shape index (κ3) is 6.03. The summed E-state index contributed by atoms with van der Waals surface area (Å²) < 4.78 is 4.87. The van der Waals surface area contributed by atoms with Crippen molar-refractivity contribution in [1.82, 2.24) is 20.2 Å². The monoisotopic (exact) mass is 395 g/mol. The lowest BCUT2D eigenvalue weighted by Gasteiger charge is -2.05. The molecule has 1 amide bonds. The Balaban J connectivity index is 1.85. The maximum atomic E-state index is 12.1. The minimum absolute atomic E-state index is 0.0953. The maximum absolute atomic E-state index is 12.1. The molecular formula is C16H21N5O3S2. The van der Waals surface area contributed by atoms with E-state index < -0.39 is 0 Å². The molecule has 2 rings (SSSR count). The fourth-order valence-corrected chi connectivity index (χ4v) is 3.41. The molecule has 2 aromatic heterocycles. The molecule has 2 heterocycles. The van der Waals surface area contributed by atoms with Crippen LogP contribution in [0, 0.1) is 0 Å². The van der Waals surface area contributed by atoms with Crippen molar-refractivity contribution in [2.75, 3.05) is 17.7 Å². The van der Waals surface area contributed by atoms with Gasteiger partial charge < -0.3 is 10.1 Å². The highest BCUT2D eigenvalue weighted by Gasteiger charge is 2.12. The van der Waals surface area contributed by atoms with Crippen molar-refractivity contribution in [3.63, 3.8) is 0 Å². The second kappa shape index (κ2) is 10.2. The Morgan fingerprint density at radius 3 is 2.62 bits per heavy atom. The molecule has 10 heteroatoms. The number of nitrogens with zero attached hydrogens (tertiary/aromatic N) is 4. The van der Waals surface area contributed by atoms with Crippen molar-refractivity contribution >= 4 is 40.1 Å². The predicted octanol–water partition coefficient (Wildman–Crippen LogP) is 2.29. The Kier molecular flexibility index (Phi) is 7.92. The number of amides is 1. The molecule has 0 aliphatic heterocycles. The summed E-state index contributed by atoms with van der Waals surface area (Å²) in [6.07, 6.45) is 1.66. The minimum Gasteiger partial charge on any atom is -0.466 e. The summed E-state index contributed by atoms with van der Waals surface area (Å²) in [7, 11) is 0. The number of hydrogen-bond donors (Lipinski definition) is 1. The van der Waals surface area contributed by atoms with E-state index in [1.165, 1.54) is 23.1 Å². The fraction of sp³-hybridized carbons (Fsp3) is 0.500. The topological polar surface area (TPSA) is 107 Å². The Bertz CT molecular complexity index is 766. The summed E-state index contributed by atoms with van der Waals surface area (Å²) in [4.78, 5) is 32.1. The molecule has 0 radical (unpaired) electrons. The zero-order chi connectivity index (χ0) is 18.9. The summed E-state index contributed by atoms with van der Waals surface area (Å²) in [6.45, 7) is 6.11. The quantitative estimate of drug-likeness (QED) is 0.509. The third-order valence-corrected chi connectivity index (χ3v) is 4.90. The van der Waals surface area contributed by atoms with Gasteiger partial charge in [-0.2, -0.15) is 5.10 Å². The first kappa shape index (κ1) is 20.2. The molecule has 0 saturated heterocycles. The van der Waals surface area contributed by atoms with E-state index in [4.69, 9.17) is 4.74 Å². The van der Waals surface area contributed by atoms with Crippen LogP contribution in [0.1, 0.15) is 37.9 Å². The molecule has 2 aromatic rings. The smallest absolute Gasteiger partial charge is 0.311 e. The Morgan fingerprint density at radius 2 is 1.92 bits per heavy atom. The molecule has 26 heavy (non-hydrogen) atoms. The lowest BCUT2D eigenvalue weighted by molar-refractivity contribution is -0.142. The number of thiazole rings is 1. The number of thioether (sulfide) groups is 1. The fourth-order valence-electron chi connectivity index (χ4n) is 2.07. The Hall–Kier alpha value is -2.07. The lowest BCUT2D eigenvalue weighted by Crippen LogP contribution is -2.15. The van der Waals surface area contributed by atoms with Gasteiger partial charge in [-0.05, 0) is 19.8 Å². The maximum Gasteiger partial charge on any atom is 0.311 e. The first-order valence-electron chi connectivity index (χ1n) is 8.30. The average molecular weight is 396 g/mol. The largest absolute Gasteiger partial charge is 0.466 e. The number of carbonyl (C=O) groups excluding carboxylic acids is 2. The van der Waals surface area contributed by atoms with Gasteiger partial charge in [-0.1, -0.05) is 25.6 Å². The van der Waals surface area contributed by atoms with Crippen molar-refractivity contribution in [3.8, 4) is 0 Å². The van der Waals surface area contributed by atoms with Gasteiger partial charge in [0, 0.05) is 5.38 Å². The molecule has 8 nitrogen and oxygen atoms in total. The second-order valence-corrected chi connectivity index (χ2v) is 6.96. The zero-order valence-corrected chi connectivity index (χ0v) is 16.6. The highest BCUT2D eigenvalue weighted by atomic mass is 32.2. The van der Waals surface area contributed by atoms with E-state index in [9.17, 15) is 9.59 Å². The highest BCUT2D eigenvalue weighted by Crippen LogP contribution is 2.18. The first-order valence-corrected chi connectivity index (χ1v) is 10.2. The highest BCUT2D eigenvalue weighted by molar-refractivity contribution is 7.99. The van der Waals surface area contributed by atoms with Crippen LogP contribution in [0.3, 0.4) is 0 Å². The summed E-state index contributed by atoms with van der Waals surface area (Å²) in [5.41, 5.74) is 2.37. The minimum atomic E-state index is -0.335. The number of ether oxygens (including phenoxy) is 1. The number of nitrogens with one attached hydrogen (secondary N) is 1. The van der Waals surface area contributed by atoms with Crippen molar-refractivity contribution in [2.45, 2.75) is 45.2 Å². The number of carbonyl (C=O) groups is 2. The summed E-state index contributed by atoms with van der Waals surface area (Å²) in [5, 5.41) is 13.6. The molecule has 0 fully saturated rings. The second-order valence-electron chi connectivity index (χ2n) is 5.16. The van der Waals surface area contributed by atoms with Crippen LogP contribution >= 0.6 is 23.1 Å². The molecule has 0 bridgehead atoms. The van der Waals surface area contributed by atoms with Gasteiger partial charge >= 0.3 is 5.97 Å². The molecule has 0 spiro atoms. The van der Waals surface area contributed by atoms with Gasteiger partial charge in [-0.3, -0.25) is 9.59 Å². The number of rotatable bonds is 9. The van der Waals surface area contributed by atoms with Gasteiger partial charge in [0.05, 0.1) is 35.9 Å². The van der Waals surface area contributed by atoms with Crippen LogP contribution in [0.15, 0.2) is 10.5 Å². The number of esters is 1. The van der Waals surface area contributed by atoms with E-state index >= 15 is 0 Å². The average Bonchev–Trinajstić information content (AvgIpc) is 3.06. The van der Waals surface area contributed by atoms with Gasteiger partial charge in [0.25, 0.3) is 0 Å². The van der Waals surface area contributed by atoms with E-state index in [1.54, 1.807) is 12.3 Å². The van der Waals surface area contributed by atoms with E-state index in [0.717, 1.165) is 24.2 Å². The van der Waals surface area contributed by atoms with Crippen LogP contribution in [-0.4, -0.2) is 44.4 Å². The van der Waals surface area contributed by atoms with Crippen LogP contribution in [0.2, 0.25) is 0 Å². The molecule has 1 N–H and O–H groups in total. The number of hydrogen-bond acceptors (Lipinski definition) is 9. The van der Waals surface area contributed by atoms with Crippen molar-refractivity contribution < 1.29 is 14.3 Å². The van der Waals surface area contributed by atoms with Gasteiger partial charge in [0.15, 0.2) is 5.13 Å². The number of anilines is 1.